The van der Waals surface area contributed by atoms with Gasteiger partial charge in [-0.3, -0.25) is 0 Å². The number of Topliss-reactive ketones (excluding diaryl/α,β-unsaturated/α-hetero) is 1. The average molecular weight is 449 g/mol. The molecule has 0 atom stereocenters. The van der Waals surface area contributed by atoms with Gasteiger partial charge in [0.15, 0.2) is 0 Å². The highest BCUT2D eigenvalue weighted by Crippen LogP contribution is 2.15. The van der Waals surface area contributed by atoms with Crippen molar-refractivity contribution in [2.24, 2.45) is 0 Å². The molecular formula is C31H60O. The van der Waals surface area contributed by atoms with Crippen LogP contribution < -0.4 is 0 Å². The normalized spacial score (nSPS) is 11.6. The molecule has 0 amide bonds. The van der Waals surface area contributed by atoms with E-state index >= 15 is 0 Å². The first-order valence-electron chi connectivity index (χ1n) is 14.9. The van der Waals surface area contributed by atoms with Gasteiger partial charge >= 0.3 is 0 Å². The summed E-state index contributed by atoms with van der Waals surface area (Å²) < 4.78 is 0. The minimum Gasteiger partial charge on any atom is -0.300 e. The van der Waals surface area contributed by atoms with Crippen molar-refractivity contribution in [2.75, 3.05) is 0 Å². The fraction of sp³-hybridized carbons (Fsp3) is 0.903. The number of hydrogen-bond acceptors (Lipinski definition) is 1. The third kappa shape index (κ3) is 29.4. The van der Waals surface area contributed by atoms with Gasteiger partial charge in [0.05, 0.1) is 0 Å². The molecule has 0 unspecified atom stereocenters. The molecule has 0 aromatic rings. The van der Waals surface area contributed by atoms with Crippen LogP contribution in [-0.2, 0) is 4.79 Å². The van der Waals surface area contributed by atoms with Crippen LogP contribution in [0.1, 0.15) is 181 Å². The lowest BCUT2D eigenvalue weighted by Crippen LogP contribution is -1.89. The molecule has 190 valence electrons. The Kier molecular flexibility index (Phi) is 27.9. The van der Waals surface area contributed by atoms with Crippen LogP contribution in [0.25, 0.3) is 0 Å². The fourth-order valence-electron chi connectivity index (χ4n) is 4.57. The zero-order chi connectivity index (χ0) is 23.4. The molecule has 0 saturated carbocycles. The average Bonchev–Trinajstić information content (AvgIpc) is 2.78. The van der Waals surface area contributed by atoms with Gasteiger partial charge < -0.3 is 4.79 Å². The minimum absolute atomic E-state index is 0.349. The van der Waals surface area contributed by atoms with Gasteiger partial charge in [0.1, 0.15) is 5.78 Å². The van der Waals surface area contributed by atoms with Crippen molar-refractivity contribution in [3.05, 3.63) is 12.2 Å². The summed E-state index contributed by atoms with van der Waals surface area (Å²) in [5.74, 6) is 0.349. The molecule has 0 radical (unpaired) electrons. The second-order valence-electron chi connectivity index (χ2n) is 10.3. The summed E-state index contributed by atoms with van der Waals surface area (Å²) in [4.78, 5) is 10.9. The molecule has 0 spiro atoms. The lowest BCUT2D eigenvalue weighted by molar-refractivity contribution is -0.117. The first kappa shape index (κ1) is 31.4. The fourth-order valence-corrected chi connectivity index (χ4v) is 4.57. The SMILES string of the molecule is CCCCCCCC/C=C/CCCCCCCCCCCCCCCCCCCC(C)=O. The Morgan fingerprint density at radius 3 is 1.03 bits per heavy atom. The lowest BCUT2D eigenvalue weighted by Gasteiger charge is -2.03. The van der Waals surface area contributed by atoms with Crippen LogP contribution >= 0.6 is 0 Å². The van der Waals surface area contributed by atoms with Gasteiger partial charge in [-0.05, 0) is 39.0 Å². The van der Waals surface area contributed by atoms with Gasteiger partial charge in [-0.2, -0.15) is 0 Å². The predicted octanol–water partition coefficient (Wildman–Crippen LogP) is 11.3. The van der Waals surface area contributed by atoms with E-state index in [2.05, 4.69) is 19.1 Å². The van der Waals surface area contributed by atoms with E-state index in [9.17, 15) is 4.79 Å². The van der Waals surface area contributed by atoms with E-state index in [0.717, 1.165) is 12.8 Å². The number of carbonyl (C=O) groups is 1. The molecule has 0 aliphatic heterocycles. The maximum absolute atomic E-state index is 10.9. The molecule has 0 bridgehead atoms. The third-order valence-electron chi connectivity index (χ3n) is 6.79. The lowest BCUT2D eigenvalue weighted by atomic mass is 10.0. The first-order valence-corrected chi connectivity index (χ1v) is 14.9. The van der Waals surface area contributed by atoms with Gasteiger partial charge in [-0.15, -0.1) is 0 Å². The molecule has 0 heterocycles. The van der Waals surface area contributed by atoms with Gasteiger partial charge in [0.2, 0.25) is 0 Å². The van der Waals surface area contributed by atoms with Gasteiger partial charge in [-0.1, -0.05) is 147 Å². The molecule has 0 N–H and O–H groups in total. The Hall–Kier alpha value is -0.590. The Morgan fingerprint density at radius 2 is 0.719 bits per heavy atom. The molecule has 0 fully saturated rings. The van der Waals surface area contributed by atoms with Crippen molar-refractivity contribution < 1.29 is 4.79 Å². The molecule has 1 nitrogen and oxygen atoms in total. The van der Waals surface area contributed by atoms with Crippen molar-refractivity contribution in [2.45, 2.75) is 181 Å². The summed E-state index contributed by atoms with van der Waals surface area (Å²) in [6.45, 7) is 4.00. The third-order valence-corrected chi connectivity index (χ3v) is 6.79. The number of carbonyl (C=O) groups excluding carboxylic acids is 1. The van der Waals surface area contributed by atoms with E-state index in [4.69, 9.17) is 0 Å². The molecular weight excluding hydrogens is 388 g/mol. The number of unbranched alkanes of at least 4 members (excludes halogenated alkanes) is 23. The van der Waals surface area contributed by atoms with E-state index in [1.165, 1.54) is 154 Å². The smallest absolute Gasteiger partial charge is 0.129 e. The molecule has 0 aliphatic rings. The summed E-state index contributed by atoms with van der Waals surface area (Å²) in [6.07, 6.45) is 40.4. The highest BCUT2D eigenvalue weighted by atomic mass is 16.1. The van der Waals surface area contributed by atoms with E-state index in [1.807, 2.05) is 0 Å². The Labute approximate surface area is 203 Å². The minimum atomic E-state index is 0.349. The number of ketones is 1. The summed E-state index contributed by atoms with van der Waals surface area (Å²) in [6, 6.07) is 0. The predicted molar refractivity (Wildman–Crippen MR) is 146 cm³/mol. The summed E-state index contributed by atoms with van der Waals surface area (Å²) >= 11 is 0. The maximum Gasteiger partial charge on any atom is 0.129 e. The topological polar surface area (TPSA) is 17.1 Å². The zero-order valence-corrected chi connectivity index (χ0v) is 22.4. The van der Waals surface area contributed by atoms with Gasteiger partial charge in [0.25, 0.3) is 0 Å². The van der Waals surface area contributed by atoms with Crippen LogP contribution in [0.4, 0.5) is 0 Å². The zero-order valence-electron chi connectivity index (χ0n) is 22.4. The van der Waals surface area contributed by atoms with Crippen molar-refractivity contribution in [3.8, 4) is 0 Å². The van der Waals surface area contributed by atoms with Crippen LogP contribution in [0.3, 0.4) is 0 Å². The summed E-state index contributed by atoms with van der Waals surface area (Å²) in [5, 5.41) is 0. The van der Waals surface area contributed by atoms with Gasteiger partial charge in [0, 0.05) is 6.42 Å². The second-order valence-corrected chi connectivity index (χ2v) is 10.3. The highest BCUT2D eigenvalue weighted by molar-refractivity contribution is 5.75. The quantitative estimate of drug-likeness (QED) is 0.0901. The Balaban J connectivity index is 3.06. The van der Waals surface area contributed by atoms with Gasteiger partial charge in [-0.25, -0.2) is 0 Å². The molecule has 0 aliphatic carbocycles. The Bertz CT molecular complexity index is 384. The summed E-state index contributed by atoms with van der Waals surface area (Å²) in [7, 11) is 0. The van der Waals surface area contributed by atoms with Crippen LogP contribution in [-0.4, -0.2) is 5.78 Å². The second kappa shape index (κ2) is 28.4. The van der Waals surface area contributed by atoms with Crippen LogP contribution in [0.15, 0.2) is 12.2 Å². The standard InChI is InChI=1S/C31H60O/c1-3-4-5-6-7-8-9-10-11-12-13-14-15-16-17-18-19-20-21-22-23-24-25-26-27-28-29-30-31(2)32/h10-11H,3-9,12-30H2,1-2H3/b11-10+. The van der Waals surface area contributed by atoms with E-state index in [1.54, 1.807) is 6.92 Å². The van der Waals surface area contributed by atoms with Crippen molar-refractivity contribution in [1.29, 1.82) is 0 Å². The molecule has 0 aromatic carbocycles. The maximum atomic E-state index is 10.9. The summed E-state index contributed by atoms with van der Waals surface area (Å²) in [5.41, 5.74) is 0. The Morgan fingerprint density at radius 1 is 0.438 bits per heavy atom. The van der Waals surface area contributed by atoms with E-state index in [-0.39, 0.29) is 0 Å². The van der Waals surface area contributed by atoms with E-state index < -0.39 is 0 Å². The number of hydrogen-bond donors (Lipinski definition) is 0. The molecule has 32 heavy (non-hydrogen) atoms. The van der Waals surface area contributed by atoms with E-state index in [0.29, 0.717) is 5.78 Å². The number of rotatable bonds is 27. The van der Waals surface area contributed by atoms with Crippen LogP contribution in [0.2, 0.25) is 0 Å². The highest BCUT2D eigenvalue weighted by Gasteiger charge is 1.96. The molecule has 0 rings (SSSR count). The molecule has 1 heteroatoms. The molecule has 0 aromatic heterocycles. The monoisotopic (exact) mass is 448 g/mol. The number of allylic oxidation sites excluding steroid dienone is 2. The first-order chi connectivity index (χ1) is 15.8. The molecule has 0 saturated heterocycles. The van der Waals surface area contributed by atoms with Crippen molar-refractivity contribution in [3.63, 3.8) is 0 Å². The largest absolute Gasteiger partial charge is 0.300 e. The van der Waals surface area contributed by atoms with Crippen molar-refractivity contribution >= 4 is 5.78 Å². The van der Waals surface area contributed by atoms with Crippen LogP contribution in [0, 0.1) is 0 Å². The van der Waals surface area contributed by atoms with Crippen LogP contribution in [0.5, 0.6) is 0 Å². The van der Waals surface area contributed by atoms with Crippen molar-refractivity contribution in [1.82, 2.24) is 0 Å².